The maximum Gasteiger partial charge on any atom is -0.00203 e. The molecule has 0 heteroatoms. The minimum atomic E-state index is 1.24. The van der Waals surface area contributed by atoms with E-state index in [1.54, 1.807) is 11.1 Å². The predicted molar refractivity (Wildman–Crippen MR) is 630 cm³/mol. The third-order valence-electron chi connectivity index (χ3n) is 28.5. The lowest BCUT2D eigenvalue weighted by atomic mass is 9.84. The Bertz CT molecular complexity index is 7310. The molecule has 142 heavy (non-hydrogen) atoms. The molecule has 0 atom stereocenters. The molecule has 0 nitrogen and oxygen atoms in total. The zero-order valence-electron chi connectivity index (χ0n) is 89.0. The molecule has 0 aromatic heterocycles. The van der Waals surface area contributed by atoms with Crippen molar-refractivity contribution >= 4 is 86.2 Å². The van der Waals surface area contributed by atoms with Crippen LogP contribution in [0.1, 0.15) is 229 Å². The highest BCUT2D eigenvalue weighted by Crippen LogP contribution is 2.47. The fraction of sp³-hybridized carbons (Fsp3) is 0.268. The molecule has 722 valence electrons. The number of aryl methyl sites for hydroxylation is 19. The molecular formula is C142H154. The highest BCUT2D eigenvalue weighted by molar-refractivity contribution is 6.22. The normalized spacial score (nSPS) is 11.0. The maximum absolute atomic E-state index is 2.46. The van der Waals surface area contributed by atoms with E-state index in [2.05, 4.69) is 489 Å². The zero-order chi connectivity index (χ0) is 100. The molecule has 0 spiro atoms. The van der Waals surface area contributed by atoms with Crippen LogP contribution in [-0.4, -0.2) is 0 Å². The monoisotopic (exact) mass is 1860 g/mol. The second kappa shape index (κ2) is 51.2. The highest BCUT2D eigenvalue weighted by atomic mass is 14.3. The lowest BCUT2D eigenvalue weighted by molar-refractivity contribution is 0.600. The van der Waals surface area contributed by atoms with E-state index < -0.39 is 0 Å². The standard InChI is InChI=1S/C32H46.C28H22.C23H20.C20H18.C17H16.C14H22.C8H10/c1-5-7-9-11-13-15-17-27-28(18-16-14-12-10-8-6-2)32-24-26(4)20-22-30(32)29-21-19-25(3)23-31(27)29;1-19-13-15-23-24-16-14-20(2)18-26(24)28(22-11-7-4-8-12-22)27(25(23)17-19)21-9-5-3-6-10-21;1-15-9-11-19-20-12-10-16(2)14-22(20)23(17(3)21(19)13-15)18-7-5-4-6-8-18;1-15-13-20(18-11-7-4-8-12-18)16(2)14-19(15)17-9-5-3-6-10-17;1-11-4-6-15-14(8-11)10-13(3)17-9-12(2)5-7-16(15)17;1-4-5-6-7-8-14-10-12(2)9-13(3)11-14;1-7-4-3-5-8(2)6-7/h19-24H,5-18H2,1-4H3;3-18H,1-2H3;4-14H,1-3H3;3-14H,1-2H3;4-10H,1-3H3;9-11H,4-8H2,1-3H3;3-6H,1-2H3. The number of rotatable bonds is 24. The molecule has 0 radical (unpaired) electrons. The van der Waals surface area contributed by atoms with E-state index in [1.807, 2.05) is 0 Å². The molecule has 0 amide bonds. The van der Waals surface area contributed by atoms with Crippen LogP contribution in [-0.2, 0) is 19.3 Å². The van der Waals surface area contributed by atoms with Gasteiger partial charge in [-0.15, -0.1) is 0 Å². The summed E-state index contributed by atoms with van der Waals surface area (Å²) in [6.07, 6.45) is 25.6. The van der Waals surface area contributed by atoms with Gasteiger partial charge in [-0.2, -0.15) is 0 Å². The molecule has 0 unspecified atom stereocenters. The number of hydrogen-bond acceptors (Lipinski definition) is 0. The molecule has 0 saturated carbocycles. The summed E-state index contributed by atoms with van der Waals surface area (Å²) in [6, 6.07) is 131. The van der Waals surface area contributed by atoms with Gasteiger partial charge >= 0.3 is 0 Å². The van der Waals surface area contributed by atoms with Gasteiger partial charge in [0.15, 0.2) is 0 Å². The van der Waals surface area contributed by atoms with Crippen molar-refractivity contribution in [2.45, 2.75) is 254 Å². The van der Waals surface area contributed by atoms with Gasteiger partial charge in [-0.3, -0.25) is 0 Å². The predicted octanol–water partition coefficient (Wildman–Crippen LogP) is 42.2. The first kappa shape index (κ1) is 104. The van der Waals surface area contributed by atoms with Crippen LogP contribution in [0.5, 0.6) is 0 Å². The van der Waals surface area contributed by atoms with Crippen LogP contribution in [0.3, 0.4) is 0 Å². The minimum absolute atomic E-state index is 1.24. The van der Waals surface area contributed by atoms with E-state index in [-0.39, 0.29) is 0 Å². The van der Waals surface area contributed by atoms with Crippen LogP contribution < -0.4 is 0 Å². The van der Waals surface area contributed by atoms with Gasteiger partial charge < -0.3 is 0 Å². The summed E-state index contributed by atoms with van der Waals surface area (Å²) in [6.45, 7) is 41.8. The van der Waals surface area contributed by atoms with Crippen LogP contribution in [0.2, 0.25) is 0 Å². The quantitative estimate of drug-likeness (QED) is 0.0418. The van der Waals surface area contributed by atoms with Crippen LogP contribution in [0.4, 0.5) is 0 Å². The molecule has 0 heterocycles. The fourth-order valence-corrected chi connectivity index (χ4v) is 21.3. The number of hydrogen-bond donors (Lipinski definition) is 0. The zero-order valence-corrected chi connectivity index (χ0v) is 89.0. The number of benzene rings is 20. The van der Waals surface area contributed by atoms with Gasteiger partial charge in [-0.25, -0.2) is 0 Å². The van der Waals surface area contributed by atoms with E-state index in [0.29, 0.717) is 0 Å². The second-order valence-electron chi connectivity index (χ2n) is 40.8. The average Bonchev–Trinajstić information content (AvgIpc) is 0.732. The Morgan fingerprint density at radius 2 is 0.423 bits per heavy atom. The largest absolute Gasteiger partial charge is 0.0654 e. The van der Waals surface area contributed by atoms with Crippen molar-refractivity contribution in [1.29, 1.82) is 0 Å². The Hall–Kier alpha value is -13.5. The second-order valence-corrected chi connectivity index (χ2v) is 40.8. The van der Waals surface area contributed by atoms with Gasteiger partial charge in [0.2, 0.25) is 0 Å². The third kappa shape index (κ3) is 27.2. The minimum Gasteiger partial charge on any atom is -0.0654 e. The molecule has 0 aliphatic carbocycles. The molecule has 0 aliphatic rings. The first-order valence-corrected chi connectivity index (χ1v) is 53.2. The maximum atomic E-state index is 2.46. The summed E-state index contributed by atoms with van der Waals surface area (Å²) in [5.41, 5.74) is 39.3. The molecule has 0 aliphatic heterocycles. The van der Waals surface area contributed by atoms with Gasteiger partial charge in [0.25, 0.3) is 0 Å². The van der Waals surface area contributed by atoms with Crippen molar-refractivity contribution in [3.8, 4) is 55.6 Å². The molecule has 20 aromatic rings. The lowest BCUT2D eigenvalue weighted by Gasteiger charge is -2.19. The summed E-state index contributed by atoms with van der Waals surface area (Å²) < 4.78 is 0. The Labute approximate surface area is 852 Å². The molecule has 0 N–H and O–H groups in total. The van der Waals surface area contributed by atoms with Crippen molar-refractivity contribution in [3.05, 3.63) is 464 Å². The molecule has 0 fully saturated rings. The summed E-state index contributed by atoms with van der Waals surface area (Å²) in [5.74, 6) is 0. The van der Waals surface area contributed by atoms with Gasteiger partial charge in [0.05, 0.1) is 0 Å². The number of fused-ring (bicyclic) bond motifs is 12. The summed E-state index contributed by atoms with van der Waals surface area (Å²) >= 11 is 0. The van der Waals surface area contributed by atoms with E-state index in [1.165, 1.54) is 358 Å². The van der Waals surface area contributed by atoms with Gasteiger partial charge in [-0.05, 0) is 330 Å². The van der Waals surface area contributed by atoms with Gasteiger partial charge in [0, 0.05) is 0 Å². The number of unbranched alkanes of at least 4 members (excludes halogenated alkanes) is 13. The summed E-state index contributed by atoms with van der Waals surface area (Å²) in [5, 5.41) is 22.1. The smallest absolute Gasteiger partial charge is 0.00203 e. The average molecular weight is 1860 g/mol. The van der Waals surface area contributed by atoms with Crippen LogP contribution in [0.25, 0.3) is 142 Å². The first-order valence-electron chi connectivity index (χ1n) is 53.2. The Morgan fingerprint density at radius 1 is 0.155 bits per heavy atom. The Kier molecular flexibility index (Phi) is 37.6. The van der Waals surface area contributed by atoms with Crippen LogP contribution in [0.15, 0.2) is 358 Å². The molecular weight excluding hydrogens is 1710 g/mol. The first-order chi connectivity index (χ1) is 68.9. The van der Waals surface area contributed by atoms with Gasteiger partial charge in [0.1, 0.15) is 0 Å². The van der Waals surface area contributed by atoms with E-state index in [9.17, 15) is 0 Å². The highest BCUT2D eigenvalue weighted by Gasteiger charge is 2.21. The fourth-order valence-electron chi connectivity index (χ4n) is 21.3. The molecule has 0 saturated heterocycles. The molecule has 0 bridgehead atoms. The summed E-state index contributed by atoms with van der Waals surface area (Å²) in [4.78, 5) is 0. The Balaban J connectivity index is 0.000000135. The van der Waals surface area contributed by atoms with E-state index >= 15 is 0 Å². The SMILES string of the molecule is CCCCCCCCc1c(CCCCCCCC)c2cc(C)ccc2c2ccc(C)cc12.CCCCCCc1cc(C)cc(C)c1.Cc1cc(-c2ccccc2)c(C)cc1-c1ccccc1.Cc1ccc2c(c1)c(-c1ccccc1)c(-c1ccccc1)c1cc(C)ccc12.Cc1ccc2c(c1)c(C)c(-c1ccccc1)c1cc(C)ccc12.Cc1ccc2c(c1)cc(C)c1cc(C)ccc12.Cc1cccc(C)c1. The van der Waals surface area contributed by atoms with Crippen LogP contribution >= 0.6 is 0 Å². The van der Waals surface area contributed by atoms with E-state index in [4.69, 9.17) is 0 Å². The van der Waals surface area contributed by atoms with Crippen molar-refractivity contribution in [2.24, 2.45) is 0 Å². The van der Waals surface area contributed by atoms with Crippen molar-refractivity contribution in [2.75, 3.05) is 0 Å². The van der Waals surface area contributed by atoms with Crippen LogP contribution in [0, 0.1) is 111 Å². The lowest BCUT2D eigenvalue weighted by Crippen LogP contribution is -2.00. The van der Waals surface area contributed by atoms with Gasteiger partial charge in [-0.1, -0.05) is 529 Å². The Morgan fingerprint density at radius 3 is 0.789 bits per heavy atom. The summed E-state index contributed by atoms with van der Waals surface area (Å²) in [7, 11) is 0. The molecule has 20 rings (SSSR count). The molecule has 20 aromatic carbocycles. The van der Waals surface area contributed by atoms with Crippen molar-refractivity contribution in [3.63, 3.8) is 0 Å². The third-order valence-corrected chi connectivity index (χ3v) is 28.5. The van der Waals surface area contributed by atoms with Crippen molar-refractivity contribution in [1.82, 2.24) is 0 Å². The topological polar surface area (TPSA) is 0 Å². The van der Waals surface area contributed by atoms with Crippen molar-refractivity contribution < 1.29 is 0 Å². The van der Waals surface area contributed by atoms with E-state index in [0.717, 1.165) is 0 Å².